The highest BCUT2D eigenvalue weighted by Crippen LogP contribution is 2.22. The van der Waals surface area contributed by atoms with Crippen molar-refractivity contribution in [2.24, 2.45) is 0 Å². The molecule has 0 aromatic heterocycles. The van der Waals surface area contributed by atoms with Crippen LogP contribution in [0.5, 0.6) is 0 Å². The molecule has 0 atom stereocenters. The Morgan fingerprint density at radius 3 is 2.43 bits per heavy atom. The molecule has 1 amide bonds. The lowest BCUT2D eigenvalue weighted by molar-refractivity contribution is 0.0953. The van der Waals surface area contributed by atoms with Crippen molar-refractivity contribution in [2.45, 2.75) is 30.2 Å². The summed E-state index contributed by atoms with van der Waals surface area (Å²) in [5, 5.41) is 5.79. The third-order valence-corrected chi connectivity index (χ3v) is 4.75. The van der Waals surface area contributed by atoms with Gasteiger partial charge >= 0.3 is 0 Å². The predicted octanol–water partition coefficient (Wildman–Crippen LogP) is 0.467. The second kappa shape index (κ2) is 7.02. The first-order chi connectivity index (χ1) is 10.0. The van der Waals surface area contributed by atoms with Gasteiger partial charge < -0.3 is 10.6 Å². The first-order valence-corrected chi connectivity index (χ1v) is 8.56. The summed E-state index contributed by atoms with van der Waals surface area (Å²) in [6.07, 6.45) is 2.64. The van der Waals surface area contributed by atoms with E-state index in [1.54, 1.807) is 0 Å². The van der Waals surface area contributed by atoms with Gasteiger partial charge in [-0.15, -0.1) is 0 Å². The molecule has 1 aromatic carbocycles. The normalized spacial score (nSPS) is 14.9. The van der Waals surface area contributed by atoms with Gasteiger partial charge in [-0.25, -0.2) is 13.1 Å². The van der Waals surface area contributed by atoms with Crippen LogP contribution < -0.4 is 15.4 Å². The molecule has 1 aliphatic rings. The molecular formula is C14H21N3O3S. The van der Waals surface area contributed by atoms with Gasteiger partial charge in [-0.1, -0.05) is 0 Å². The number of hydrogen-bond acceptors (Lipinski definition) is 4. The van der Waals surface area contributed by atoms with E-state index in [9.17, 15) is 13.2 Å². The van der Waals surface area contributed by atoms with Gasteiger partial charge in [0.1, 0.15) is 0 Å². The van der Waals surface area contributed by atoms with E-state index < -0.39 is 10.0 Å². The second-order valence-corrected chi connectivity index (χ2v) is 6.85. The van der Waals surface area contributed by atoms with Crippen LogP contribution in [-0.4, -0.2) is 40.5 Å². The molecule has 2 rings (SSSR count). The molecule has 7 heteroatoms. The Hall–Kier alpha value is -1.44. The van der Waals surface area contributed by atoms with Gasteiger partial charge in [-0.3, -0.25) is 4.79 Å². The maximum Gasteiger partial charge on any atom is 0.251 e. The lowest BCUT2D eigenvalue weighted by atomic mass is 10.2. The van der Waals surface area contributed by atoms with E-state index in [4.69, 9.17) is 0 Å². The fourth-order valence-corrected chi connectivity index (χ4v) is 3.15. The van der Waals surface area contributed by atoms with E-state index in [-0.39, 0.29) is 16.8 Å². The number of amides is 1. The van der Waals surface area contributed by atoms with Gasteiger partial charge in [0.25, 0.3) is 5.91 Å². The quantitative estimate of drug-likeness (QED) is 0.609. The number of nitrogens with one attached hydrogen (secondary N) is 3. The Bertz CT molecular complexity index is 580. The Labute approximate surface area is 125 Å². The van der Waals surface area contributed by atoms with E-state index in [2.05, 4.69) is 15.4 Å². The minimum atomic E-state index is -3.45. The minimum Gasteiger partial charge on any atom is -0.352 e. The molecule has 0 saturated heterocycles. The average Bonchev–Trinajstić information content (AvgIpc) is 3.27. The zero-order valence-electron chi connectivity index (χ0n) is 12.1. The fraction of sp³-hybridized carbons (Fsp3) is 0.500. The third-order valence-electron chi connectivity index (χ3n) is 3.22. The lowest BCUT2D eigenvalue weighted by Gasteiger charge is -2.07. The lowest BCUT2D eigenvalue weighted by Crippen LogP contribution is -2.27. The van der Waals surface area contributed by atoms with Crippen molar-refractivity contribution >= 4 is 15.9 Å². The maximum atomic E-state index is 12.0. The molecule has 0 bridgehead atoms. The van der Waals surface area contributed by atoms with Crippen LogP contribution in [0.25, 0.3) is 0 Å². The Balaban J connectivity index is 1.93. The average molecular weight is 311 g/mol. The molecule has 6 nitrogen and oxygen atoms in total. The van der Waals surface area contributed by atoms with Crippen molar-refractivity contribution in [2.75, 3.05) is 20.1 Å². The van der Waals surface area contributed by atoms with Gasteiger partial charge in [0.15, 0.2) is 0 Å². The molecule has 21 heavy (non-hydrogen) atoms. The summed E-state index contributed by atoms with van der Waals surface area (Å²) in [7, 11) is -1.60. The largest absolute Gasteiger partial charge is 0.352 e. The molecule has 116 valence electrons. The maximum absolute atomic E-state index is 12.0. The van der Waals surface area contributed by atoms with Crippen molar-refractivity contribution in [3.05, 3.63) is 29.8 Å². The van der Waals surface area contributed by atoms with Crippen LogP contribution in [0.2, 0.25) is 0 Å². The predicted molar refractivity (Wildman–Crippen MR) is 80.7 cm³/mol. The molecule has 0 aliphatic heterocycles. The first kappa shape index (κ1) is 15.9. The number of benzene rings is 1. The van der Waals surface area contributed by atoms with Crippen molar-refractivity contribution in [1.82, 2.24) is 15.4 Å². The standard InChI is InChI=1S/C14H21N3O3S/c1-15-9-2-10-16-14(18)11-3-7-13(8-4-11)21(19,20)17-12-5-6-12/h3-4,7-8,12,15,17H,2,5-6,9-10H2,1H3,(H,16,18). The molecule has 0 radical (unpaired) electrons. The molecule has 1 aliphatic carbocycles. The van der Waals surface area contributed by atoms with Crippen LogP contribution in [0.4, 0.5) is 0 Å². The van der Waals surface area contributed by atoms with Crippen molar-refractivity contribution in [1.29, 1.82) is 0 Å². The van der Waals surface area contributed by atoms with Gasteiger partial charge in [0.05, 0.1) is 4.90 Å². The molecule has 1 saturated carbocycles. The van der Waals surface area contributed by atoms with E-state index >= 15 is 0 Å². The molecule has 3 N–H and O–H groups in total. The van der Waals surface area contributed by atoms with Gasteiger partial charge in [-0.2, -0.15) is 0 Å². The summed E-state index contributed by atoms with van der Waals surface area (Å²) in [4.78, 5) is 12.1. The SMILES string of the molecule is CNCCCNC(=O)c1ccc(S(=O)(=O)NC2CC2)cc1. The molecular weight excluding hydrogens is 290 g/mol. The van der Waals surface area contributed by atoms with Crippen LogP contribution >= 0.6 is 0 Å². The first-order valence-electron chi connectivity index (χ1n) is 7.08. The summed E-state index contributed by atoms with van der Waals surface area (Å²) < 4.78 is 26.6. The van der Waals surface area contributed by atoms with E-state index in [1.807, 2.05) is 7.05 Å². The highest BCUT2D eigenvalue weighted by Gasteiger charge is 2.27. The summed E-state index contributed by atoms with van der Waals surface area (Å²) in [6.45, 7) is 1.42. The summed E-state index contributed by atoms with van der Waals surface area (Å²) >= 11 is 0. The zero-order chi connectivity index (χ0) is 15.3. The summed E-state index contributed by atoms with van der Waals surface area (Å²) in [6, 6.07) is 6.08. The Morgan fingerprint density at radius 2 is 1.86 bits per heavy atom. The van der Waals surface area contributed by atoms with Gasteiger partial charge in [-0.05, 0) is 57.1 Å². The fourth-order valence-electron chi connectivity index (χ4n) is 1.84. The van der Waals surface area contributed by atoms with Crippen molar-refractivity contribution in [3.8, 4) is 0 Å². The number of rotatable bonds is 8. The van der Waals surface area contributed by atoms with E-state index in [0.29, 0.717) is 12.1 Å². The second-order valence-electron chi connectivity index (χ2n) is 5.13. The van der Waals surface area contributed by atoms with Gasteiger partial charge in [0, 0.05) is 18.2 Å². The van der Waals surface area contributed by atoms with Crippen LogP contribution in [0.1, 0.15) is 29.6 Å². The number of sulfonamides is 1. The Morgan fingerprint density at radius 1 is 1.19 bits per heavy atom. The van der Waals surface area contributed by atoms with Crippen LogP contribution in [0.3, 0.4) is 0 Å². The summed E-state index contributed by atoms with van der Waals surface area (Å²) in [5.74, 6) is -0.190. The number of hydrogen-bond donors (Lipinski definition) is 3. The highest BCUT2D eigenvalue weighted by atomic mass is 32.2. The van der Waals surface area contributed by atoms with Crippen molar-refractivity contribution < 1.29 is 13.2 Å². The smallest absolute Gasteiger partial charge is 0.251 e. The Kier molecular flexibility index (Phi) is 5.33. The van der Waals surface area contributed by atoms with Crippen LogP contribution in [0.15, 0.2) is 29.2 Å². The minimum absolute atomic E-state index is 0.0742. The monoisotopic (exact) mass is 311 g/mol. The molecule has 0 unspecified atom stereocenters. The van der Waals surface area contributed by atoms with E-state index in [1.165, 1.54) is 24.3 Å². The van der Waals surface area contributed by atoms with Crippen LogP contribution in [0, 0.1) is 0 Å². The van der Waals surface area contributed by atoms with E-state index in [0.717, 1.165) is 25.8 Å². The molecule has 1 fully saturated rings. The highest BCUT2D eigenvalue weighted by molar-refractivity contribution is 7.89. The van der Waals surface area contributed by atoms with Crippen LogP contribution in [-0.2, 0) is 10.0 Å². The molecule has 0 spiro atoms. The van der Waals surface area contributed by atoms with Gasteiger partial charge in [0.2, 0.25) is 10.0 Å². The third kappa shape index (κ3) is 4.80. The zero-order valence-corrected chi connectivity index (χ0v) is 12.9. The molecule has 1 aromatic rings. The topological polar surface area (TPSA) is 87.3 Å². The number of carbonyl (C=O) groups is 1. The van der Waals surface area contributed by atoms with Crippen molar-refractivity contribution in [3.63, 3.8) is 0 Å². The number of carbonyl (C=O) groups excluding carboxylic acids is 1. The summed E-state index contributed by atoms with van der Waals surface area (Å²) in [5.41, 5.74) is 0.463. The molecule has 0 heterocycles.